The summed E-state index contributed by atoms with van der Waals surface area (Å²) in [5.74, 6) is -0.661. The minimum atomic E-state index is -1.04. The second-order valence-corrected chi connectivity index (χ2v) is 4.45. The van der Waals surface area contributed by atoms with E-state index < -0.39 is 12.1 Å². The average molecular weight is 272 g/mol. The van der Waals surface area contributed by atoms with Gasteiger partial charge in [-0.25, -0.2) is 9.78 Å². The summed E-state index contributed by atoms with van der Waals surface area (Å²) in [4.78, 5) is 17.7. The van der Waals surface area contributed by atoms with Crippen molar-refractivity contribution in [1.82, 2.24) is 9.38 Å². The molecule has 1 N–H and O–H groups in total. The van der Waals surface area contributed by atoms with Crippen molar-refractivity contribution in [3.05, 3.63) is 30.1 Å². The Morgan fingerprint density at radius 3 is 3.15 bits per heavy atom. The van der Waals surface area contributed by atoms with Crippen molar-refractivity contribution < 1.29 is 14.6 Å². The number of imidazole rings is 1. The Morgan fingerprint density at radius 2 is 2.40 bits per heavy atom. The predicted octanol–water partition coefficient (Wildman–Crippen LogP) is 0.761. The van der Waals surface area contributed by atoms with Crippen LogP contribution in [0.25, 0.3) is 5.65 Å². The quantitative estimate of drug-likeness (QED) is 0.868. The highest BCUT2D eigenvalue weighted by Gasteiger charge is 2.27. The monoisotopic (exact) mass is 272 g/mol. The van der Waals surface area contributed by atoms with Gasteiger partial charge in [-0.1, -0.05) is 6.07 Å². The topological polar surface area (TPSA) is 90.9 Å². The fraction of sp³-hybridized carbons (Fsp3) is 0.308. The smallest absolute Gasteiger partial charge is 0.356 e. The normalized spacial score (nSPS) is 18.9. The molecular formula is C13H12N4O3. The lowest BCUT2D eigenvalue weighted by Gasteiger charge is -2.30. The van der Waals surface area contributed by atoms with Crippen LogP contribution in [0, 0.1) is 11.3 Å². The molecule has 0 radical (unpaired) electrons. The zero-order valence-electron chi connectivity index (χ0n) is 10.6. The number of hydrogen-bond donors (Lipinski definition) is 1. The van der Waals surface area contributed by atoms with Gasteiger partial charge in [0.1, 0.15) is 5.65 Å². The zero-order valence-corrected chi connectivity index (χ0v) is 10.6. The molecule has 1 fully saturated rings. The molecule has 102 valence electrons. The first-order chi connectivity index (χ1) is 9.70. The molecule has 20 heavy (non-hydrogen) atoms. The number of carboxylic acids is 1. The fourth-order valence-corrected chi connectivity index (χ4v) is 2.32. The minimum absolute atomic E-state index is 0.110. The van der Waals surface area contributed by atoms with Crippen LogP contribution in [0.2, 0.25) is 0 Å². The predicted molar refractivity (Wildman–Crippen MR) is 69.7 cm³/mol. The molecule has 3 rings (SSSR count). The van der Waals surface area contributed by atoms with E-state index in [1.807, 2.05) is 6.07 Å². The number of carbonyl (C=O) groups is 1. The van der Waals surface area contributed by atoms with Gasteiger partial charge in [0.05, 0.1) is 19.2 Å². The van der Waals surface area contributed by atoms with Gasteiger partial charge >= 0.3 is 5.97 Å². The highest BCUT2D eigenvalue weighted by atomic mass is 16.5. The fourth-order valence-electron chi connectivity index (χ4n) is 2.32. The molecule has 1 unspecified atom stereocenters. The number of aromatic carboxylic acids is 1. The molecule has 2 aromatic rings. The third kappa shape index (κ3) is 1.96. The van der Waals surface area contributed by atoms with E-state index >= 15 is 0 Å². The molecule has 0 aliphatic carbocycles. The summed E-state index contributed by atoms with van der Waals surface area (Å²) in [5, 5.41) is 18.4. The highest BCUT2D eigenvalue weighted by molar-refractivity contribution is 5.93. The number of fused-ring (bicyclic) bond motifs is 1. The van der Waals surface area contributed by atoms with Gasteiger partial charge < -0.3 is 14.7 Å². The zero-order chi connectivity index (χ0) is 14.1. The summed E-state index contributed by atoms with van der Waals surface area (Å²) < 4.78 is 6.80. The lowest BCUT2D eigenvalue weighted by Crippen LogP contribution is -2.42. The first-order valence-electron chi connectivity index (χ1n) is 6.17. The van der Waals surface area contributed by atoms with E-state index in [9.17, 15) is 9.90 Å². The van der Waals surface area contributed by atoms with Gasteiger partial charge in [-0.15, -0.1) is 0 Å². The van der Waals surface area contributed by atoms with Gasteiger partial charge in [0.2, 0.25) is 0 Å². The summed E-state index contributed by atoms with van der Waals surface area (Å²) in [7, 11) is 0. The summed E-state index contributed by atoms with van der Waals surface area (Å²) in [6.45, 7) is 1.22. The first-order valence-corrected chi connectivity index (χ1v) is 6.17. The van der Waals surface area contributed by atoms with Crippen molar-refractivity contribution in [3.8, 4) is 6.07 Å². The Hall–Kier alpha value is -2.59. The van der Waals surface area contributed by atoms with Crippen molar-refractivity contribution in [2.24, 2.45) is 0 Å². The summed E-state index contributed by atoms with van der Waals surface area (Å²) in [6.07, 6.45) is 1.10. The second kappa shape index (κ2) is 4.83. The van der Waals surface area contributed by atoms with E-state index in [0.29, 0.717) is 31.2 Å². The van der Waals surface area contributed by atoms with E-state index in [4.69, 9.17) is 10.00 Å². The third-order valence-electron chi connectivity index (χ3n) is 3.22. The number of nitrogens with zero attached hydrogens (tertiary/aromatic N) is 4. The van der Waals surface area contributed by atoms with Crippen LogP contribution in [-0.2, 0) is 4.74 Å². The van der Waals surface area contributed by atoms with E-state index in [2.05, 4.69) is 4.98 Å². The molecule has 0 aromatic carbocycles. The molecule has 0 saturated carbocycles. The van der Waals surface area contributed by atoms with E-state index in [1.54, 1.807) is 29.3 Å². The van der Waals surface area contributed by atoms with Crippen LogP contribution in [0.5, 0.6) is 0 Å². The maximum atomic E-state index is 11.5. The average Bonchev–Trinajstić information content (AvgIpc) is 2.87. The number of nitriles is 1. The molecule has 3 heterocycles. The number of ether oxygens (including phenoxy) is 1. The Bertz CT molecular complexity index is 703. The molecular weight excluding hydrogens is 260 g/mol. The lowest BCUT2D eigenvalue weighted by atomic mass is 10.2. The summed E-state index contributed by atoms with van der Waals surface area (Å²) >= 11 is 0. The van der Waals surface area contributed by atoms with Gasteiger partial charge in [-0.05, 0) is 12.1 Å². The lowest BCUT2D eigenvalue weighted by molar-refractivity contribution is 0.0680. The SMILES string of the molecule is N#CC1CN(c2nc3ccccn3c2C(=O)O)CCO1. The molecule has 1 aliphatic rings. The van der Waals surface area contributed by atoms with Gasteiger partial charge in [0, 0.05) is 12.7 Å². The van der Waals surface area contributed by atoms with Crippen LogP contribution in [0.15, 0.2) is 24.4 Å². The van der Waals surface area contributed by atoms with Crippen LogP contribution in [-0.4, -0.2) is 46.3 Å². The van der Waals surface area contributed by atoms with E-state index in [1.165, 1.54) is 4.40 Å². The van der Waals surface area contributed by atoms with Gasteiger partial charge in [0.25, 0.3) is 0 Å². The maximum Gasteiger partial charge on any atom is 0.356 e. The number of pyridine rings is 1. The number of rotatable bonds is 2. The molecule has 1 atom stereocenters. The molecule has 1 aliphatic heterocycles. The van der Waals surface area contributed by atoms with E-state index in [-0.39, 0.29) is 5.69 Å². The van der Waals surface area contributed by atoms with E-state index in [0.717, 1.165) is 0 Å². The van der Waals surface area contributed by atoms with Crippen LogP contribution < -0.4 is 4.90 Å². The first kappa shape index (κ1) is 12.4. The minimum Gasteiger partial charge on any atom is -0.476 e. The largest absolute Gasteiger partial charge is 0.476 e. The molecule has 0 amide bonds. The van der Waals surface area contributed by atoms with Gasteiger partial charge in [-0.3, -0.25) is 4.40 Å². The number of anilines is 1. The Morgan fingerprint density at radius 1 is 1.55 bits per heavy atom. The van der Waals surface area contributed by atoms with Crippen molar-refractivity contribution in [2.45, 2.75) is 6.10 Å². The maximum absolute atomic E-state index is 11.5. The van der Waals surface area contributed by atoms with Crippen LogP contribution in [0.1, 0.15) is 10.5 Å². The molecule has 0 bridgehead atoms. The molecule has 7 nitrogen and oxygen atoms in total. The third-order valence-corrected chi connectivity index (χ3v) is 3.22. The number of hydrogen-bond acceptors (Lipinski definition) is 5. The van der Waals surface area contributed by atoms with Crippen molar-refractivity contribution >= 4 is 17.4 Å². The molecule has 2 aromatic heterocycles. The van der Waals surface area contributed by atoms with Crippen molar-refractivity contribution in [2.75, 3.05) is 24.6 Å². The standard InChI is InChI=1S/C13H12N4O3/c14-7-9-8-16(5-6-20-9)12-11(13(18)19)17-4-2-1-3-10(17)15-12/h1-4,9H,5-6,8H2,(H,18,19). The van der Waals surface area contributed by atoms with Crippen LogP contribution in [0.4, 0.5) is 5.82 Å². The van der Waals surface area contributed by atoms with Crippen LogP contribution >= 0.6 is 0 Å². The molecule has 0 spiro atoms. The Kier molecular flexibility index (Phi) is 3.00. The summed E-state index contributed by atoms with van der Waals surface area (Å²) in [6, 6.07) is 7.34. The number of carboxylic acid groups (broad SMARTS) is 1. The number of morpholine rings is 1. The van der Waals surface area contributed by atoms with Crippen LogP contribution in [0.3, 0.4) is 0 Å². The van der Waals surface area contributed by atoms with Gasteiger partial charge in [0.15, 0.2) is 17.6 Å². The highest BCUT2D eigenvalue weighted by Crippen LogP contribution is 2.23. The Labute approximate surface area is 114 Å². The van der Waals surface area contributed by atoms with Crippen molar-refractivity contribution in [1.29, 1.82) is 5.26 Å². The number of aromatic nitrogens is 2. The Balaban J connectivity index is 2.09. The molecule has 1 saturated heterocycles. The van der Waals surface area contributed by atoms with Crippen molar-refractivity contribution in [3.63, 3.8) is 0 Å². The second-order valence-electron chi connectivity index (χ2n) is 4.45. The molecule has 7 heteroatoms. The summed E-state index contributed by atoms with van der Waals surface area (Å²) in [5.41, 5.74) is 0.680. The van der Waals surface area contributed by atoms with Gasteiger partial charge in [-0.2, -0.15) is 5.26 Å².